The lowest BCUT2D eigenvalue weighted by Gasteiger charge is -2.04. The van der Waals surface area contributed by atoms with Gasteiger partial charge in [0.05, 0.1) is 0 Å². The van der Waals surface area contributed by atoms with Crippen molar-refractivity contribution in [3.8, 4) is 0 Å². The van der Waals surface area contributed by atoms with E-state index in [1.54, 1.807) is 0 Å². The molecule has 0 radical (unpaired) electrons. The van der Waals surface area contributed by atoms with E-state index < -0.39 is 5.97 Å². The molecule has 0 spiro atoms. The number of benzene rings is 1. The Bertz CT molecular complexity index is 297. The van der Waals surface area contributed by atoms with E-state index in [2.05, 4.69) is 0 Å². The number of alkyl halides is 1. The molecule has 0 amide bonds. The van der Waals surface area contributed by atoms with Crippen molar-refractivity contribution >= 4 is 17.6 Å². The van der Waals surface area contributed by atoms with Gasteiger partial charge in [-0.2, -0.15) is 0 Å². The van der Waals surface area contributed by atoms with Crippen molar-refractivity contribution in [2.24, 2.45) is 0 Å². The smallest absolute Gasteiger partial charge is 0.303 e. The number of rotatable bonds is 4. The second kappa shape index (κ2) is 4.87. The van der Waals surface area contributed by atoms with Gasteiger partial charge in [0.25, 0.3) is 0 Å². The summed E-state index contributed by atoms with van der Waals surface area (Å²) in [5.41, 5.74) is 2.05. The fourth-order valence-electron chi connectivity index (χ4n) is 1.17. The number of hydrogen-bond donors (Lipinski definition) is 1. The maximum Gasteiger partial charge on any atom is 0.303 e. The van der Waals surface area contributed by atoms with Crippen molar-refractivity contribution in [2.75, 3.05) is 0 Å². The Kier molecular flexibility index (Phi) is 3.77. The molecule has 0 fully saturated rings. The summed E-state index contributed by atoms with van der Waals surface area (Å²) in [4.78, 5) is 10.3. The van der Waals surface area contributed by atoms with Crippen molar-refractivity contribution in [2.45, 2.75) is 18.7 Å². The van der Waals surface area contributed by atoms with E-state index in [0.717, 1.165) is 11.1 Å². The fourth-order valence-corrected chi connectivity index (χ4v) is 1.43. The Hall–Kier alpha value is -1.02. The molecular weight excluding hydrogens is 188 g/mol. The van der Waals surface area contributed by atoms with Crippen molar-refractivity contribution < 1.29 is 9.90 Å². The minimum Gasteiger partial charge on any atom is -0.481 e. The largest absolute Gasteiger partial charge is 0.481 e. The molecule has 0 aliphatic rings. The summed E-state index contributed by atoms with van der Waals surface area (Å²) in [5.74, 6) is -0.333. The Morgan fingerprint density at radius 2 is 1.92 bits per heavy atom. The molecule has 70 valence electrons. The third kappa shape index (κ3) is 3.07. The van der Waals surface area contributed by atoms with Gasteiger partial charge in [-0.05, 0) is 17.5 Å². The van der Waals surface area contributed by atoms with Crippen molar-refractivity contribution in [1.29, 1.82) is 0 Å². The van der Waals surface area contributed by atoms with E-state index in [1.807, 2.05) is 24.3 Å². The van der Waals surface area contributed by atoms with Gasteiger partial charge in [0.2, 0.25) is 0 Å². The van der Waals surface area contributed by atoms with Crippen LogP contribution >= 0.6 is 11.6 Å². The quantitative estimate of drug-likeness (QED) is 0.755. The predicted molar refractivity (Wildman–Crippen MR) is 52.0 cm³/mol. The standard InChI is InChI=1S/C10H11ClO2/c11-7-9-4-2-1-3-8(9)5-6-10(12)13/h1-4H,5-7H2,(H,12,13). The summed E-state index contributed by atoms with van der Waals surface area (Å²) in [6, 6.07) is 7.64. The van der Waals surface area contributed by atoms with Gasteiger partial charge >= 0.3 is 5.97 Å². The van der Waals surface area contributed by atoms with Gasteiger partial charge in [0.1, 0.15) is 0 Å². The minimum atomic E-state index is -0.774. The van der Waals surface area contributed by atoms with Crippen LogP contribution in [0.3, 0.4) is 0 Å². The second-order valence-electron chi connectivity index (χ2n) is 2.80. The van der Waals surface area contributed by atoms with E-state index in [4.69, 9.17) is 16.7 Å². The van der Waals surface area contributed by atoms with Gasteiger partial charge in [-0.15, -0.1) is 11.6 Å². The number of halogens is 1. The van der Waals surface area contributed by atoms with Gasteiger partial charge in [0, 0.05) is 12.3 Å². The van der Waals surface area contributed by atoms with Gasteiger partial charge in [-0.25, -0.2) is 0 Å². The Balaban J connectivity index is 2.69. The molecule has 0 heterocycles. The number of hydrogen-bond acceptors (Lipinski definition) is 1. The lowest BCUT2D eigenvalue weighted by Crippen LogP contribution is -1.99. The molecule has 1 N–H and O–H groups in total. The first-order chi connectivity index (χ1) is 6.24. The zero-order valence-corrected chi connectivity index (χ0v) is 7.92. The summed E-state index contributed by atoms with van der Waals surface area (Å²) in [7, 11) is 0. The van der Waals surface area contributed by atoms with Gasteiger partial charge < -0.3 is 5.11 Å². The number of carboxylic acid groups (broad SMARTS) is 1. The van der Waals surface area contributed by atoms with Crippen LogP contribution in [0.15, 0.2) is 24.3 Å². The first-order valence-corrected chi connectivity index (χ1v) is 4.62. The van der Waals surface area contributed by atoms with E-state index in [0.29, 0.717) is 12.3 Å². The maximum atomic E-state index is 10.3. The highest BCUT2D eigenvalue weighted by Crippen LogP contribution is 2.13. The third-order valence-electron chi connectivity index (χ3n) is 1.87. The molecule has 0 aliphatic heterocycles. The second-order valence-corrected chi connectivity index (χ2v) is 3.06. The fraction of sp³-hybridized carbons (Fsp3) is 0.300. The number of carboxylic acids is 1. The highest BCUT2D eigenvalue weighted by atomic mass is 35.5. The van der Waals surface area contributed by atoms with Crippen LogP contribution in [0, 0.1) is 0 Å². The van der Waals surface area contributed by atoms with E-state index in [9.17, 15) is 4.79 Å². The van der Waals surface area contributed by atoms with Crippen LogP contribution in [0.25, 0.3) is 0 Å². The van der Waals surface area contributed by atoms with Crippen LogP contribution in [0.5, 0.6) is 0 Å². The highest BCUT2D eigenvalue weighted by molar-refractivity contribution is 6.17. The minimum absolute atomic E-state index is 0.161. The molecule has 2 nitrogen and oxygen atoms in total. The molecule has 0 bridgehead atoms. The number of carbonyl (C=O) groups is 1. The van der Waals surface area contributed by atoms with Crippen LogP contribution in [-0.4, -0.2) is 11.1 Å². The molecule has 1 aromatic rings. The molecule has 1 aromatic carbocycles. The Labute approximate surface area is 82.2 Å². The van der Waals surface area contributed by atoms with Crippen LogP contribution < -0.4 is 0 Å². The van der Waals surface area contributed by atoms with Crippen molar-refractivity contribution in [3.05, 3.63) is 35.4 Å². The van der Waals surface area contributed by atoms with E-state index in [1.165, 1.54) is 0 Å². The first-order valence-electron chi connectivity index (χ1n) is 4.08. The van der Waals surface area contributed by atoms with Gasteiger partial charge in [-0.1, -0.05) is 24.3 Å². The molecular formula is C10H11ClO2. The maximum absolute atomic E-state index is 10.3. The van der Waals surface area contributed by atoms with Crippen molar-refractivity contribution in [1.82, 2.24) is 0 Å². The van der Waals surface area contributed by atoms with E-state index >= 15 is 0 Å². The Morgan fingerprint density at radius 3 is 2.46 bits per heavy atom. The van der Waals surface area contributed by atoms with Crippen LogP contribution in [-0.2, 0) is 17.1 Å². The van der Waals surface area contributed by atoms with Crippen LogP contribution in [0.1, 0.15) is 17.5 Å². The third-order valence-corrected chi connectivity index (χ3v) is 2.16. The molecule has 0 aliphatic carbocycles. The van der Waals surface area contributed by atoms with Crippen LogP contribution in [0.4, 0.5) is 0 Å². The SMILES string of the molecule is O=C(O)CCc1ccccc1CCl. The van der Waals surface area contributed by atoms with Crippen molar-refractivity contribution in [3.63, 3.8) is 0 Å². The molecule has 0 saturated heterocycles. The number of aliphatic carboxylic acids is 1. The summed E-state index contributed by atoms with van der Waals surface area (Å²) in [6.45, 7) is 0. The summed E-state index contributed by atoms with van der Waals surface area (Å²) >= 11 is 5.70. The lowest BCUT2D eigenvalue weighted by molar-refractivity contribution is -0.136. The molecule has 3 heteroatoms. The van der Waals surface area contributed by atoms with Gasteiger partial charge in [0.15, 0.2) is 0 Å². The zero-order chi connectivity index (χ0) is 9.68. The first kappa shape index (κ1) is 10.1. The summed E-state index contributed by atoms with van der Waals surface area (Å²) in [5, 5.41) is 8.51. The van der Waals surface area contributed by atoms with Crippen LogP contribution in [0.2, 0.25) is 0 Å². The zero-order valence-electron chi connectivity index (χ0n) is 7.16. The highest BCUT2D eigenvalue weighted by Gasteiger charge is 2.02. The molecule has 0 aromatic heterocycles. The molecule has 13 heavy (non-hydrogen) atoms. The molecule has 1 rings (SSSR count). The monoisotopic (exact) mass is 198 g/mol. The molecule has 0 atom stereocenters. The normalized spacial score (nSPS) is 9.92. The average molecular weight is 199 g/mol. The lowest BCUT2D eigenvalue weighted by atomic mass is 10.0. The van der Waals surface area contributed by atoms with Gasteiger partial charge in [-0.3, -0.25) is 4.79 Å². The molecule has 0 saturated carbocycles. The predicted octanol–water partition coefficient (Wildman–Crippen LogP) is 2.44. The summed E-state index contributed by atoms with van der Waals surface area (Å²) < 4.78 is 0. The topological polar surface area (TPSA) is 37.3 Å². The molecule has 0 unspecified atom stereocenters. The Morgan fingerprint density at radius 1 is 1.31 bits per heavy atom. The average Bonchev–Trinajstić information content (AvgIpc) is 2.15. The van der Waals surface area contributed by atoms with E-state index in [-0.39, 0.29) is 6.42 Å². The number of aryl methyl sites for hydroxylation is 1. The summed E-state index contributed by atoms with van der Waals surface area (Å²) in [6.07, 6.45) is 0.714.